The van der Waals surface area contributed by atoms with Gasteiger partial charge >= 0.3 is 0 Å². The molecule has 5 heterocycles. The summed E-state index contributed by atoms with van der Waals surface area (Å²) < 4.78 is 5.62. The summed E-state index contributed by atoms with van der Waals surface area (Å²) in [4.78, 5) is 70.5. The van der Waals surface area contributed by atoms with E-state index in [0.29, 0.717) is 46.3 Å². The van der Waals surface area contributed by atoms with Gasteiger partial charge in [0, 0.05) is 121 Å². The van der Waals surface area contributed by atoms with Crippen molar-refractivity contribution in [1.29, 1.82) is 0 Å². The average molecular weight is 1130 g/mol. The van der Waals surface area contributed by atoms with Crippen molar-refractivity contribution in [3.63, 3.8) is 0 Å². The molecule has 2 amide bonds. The number of likely N-dealkylation sites (tertiary alicyclic amines) is 2. The number of anilines is 2. The number of carbonyl (C=O) groups is 2. The molecule has 4 fully saturated rings. The van der Waals surface area contributed by atoms with Crippen LogP contribution in [0.4, 0.5) is 11.4 Å². The van der Waals surface area contributed by atoms with Crippen molar-refractivity contribution in [2.75, 3.05) is 83.4 Å². The number of pyridine rings is 2. The minimum absolute atomic E-state index is 0.144. The first-order chi connectivity index (χ1) is 39.9. The maximum absolute atomic E-state index is 13.9. The Kier molecular flexibility index (Phi) is 22.1. The van der Waals surface area contributed by atoms with Gasteiger partial charge in [0.05, 0.1) is 0 Å². The average Bonchev–Trinajstić information content (AvgIpc) is 3.64. The number of hydrogen-bond donors (Lipinski definition) is 4. The first kappa shape index (κ1) is 62.5. The highest BCUT2D eigenvalue weighted by atomic mass is 16.5. The van der Waals surface area contributed by atoms with E-state index in [1.54, 1.807) is 0 Å². The Hall–Kier alpha value is -6.50. The number of H-pyrrole nitrogens is 2. The first-order valence-corrected chi connectivity index (χ1v) is 30.9. The second kappa shape index (κ2) is 29.3. The van der Waals surface area contributed by atoms with Gasteiger partial charge in [-0.05, 0) is 242 Å². The standard InChI is InChI=1S/C38H53N5O2.C31H42N4O3/c1-7-43(33-17-15-32(16-18-33)41(5)6)36-23-31(30-13-11-29(12-14-30)25-42-19-9-8-10-20-42)22-34(28(36)4)37(44)39-24-35-26(2)21-27(3)40-38(35)45;1-6-35(26-11-15-38-16-12-26)29-19-25(8-7-24-9-13-34(5)14-10-24)18-27(23(29)4)30(36)32-20-28-21(2)17-22(3)33-31(28)37/h11-14,21-23,32-33H,7-10,15-20,24-25H2,1-6H3,(H,39,44)(H,40,45);17-19,24,26H,6,9-16,20H2,1-5H3,(H,32,36)(H,33,37). The number of piperidine rings is 2. The van der Waals surface area contributed by atoms with Gasteiger partial charge in [-0.2, -0.15) is 0 Å². The van der Waals surface area contributed by atoms with Crippen molar-refractivity contribution in [1.82, 2.24) is 35.3 Å². The van der Waals surface area contributed by atoms with Crippen molar-refractivity contribution in [3.8, 4) is 23.0 Å². The van der Waals surface area contributed by atoms with Crippen LogP contribution in [0.1, 0.15) is 161 Å². The van der Waals surface area contributed by atoms with Crippen LogP contribution in [0.5, 0.6) is 0 Å². The molecule has 0 atom stereocenters. The van der Waals surface area contributed by atoms with Crippen molar-refractivity contribution in [2.24, 2.45) is 5.92 Å². The summed E-state index contributed by atoms with van der Waals surface area (Å²) in [5.74, 6) is 6.95. The van der Waals surface area contributed by atoms with E-state index in [0.717, 1.165) is 146 Å². The van der Waals surface area contributed by atoms with Crippen molar-refractivity contribution < 1.29 is 14.3 Å². The molecule has 3 aliphatic heterocycles. The smallest absolute Gasteiger partial charge is 0.253 e. The number of amides is 2. The third-order valence-corrected chi connectivity index (χ3v) is 18.1. The zero-order valence-electron chi connectivity index (χ0n) is 51.9. The second-order valence-electron chi connectivity index (χ2n) is 24.3. The lowest BCUT2D eigenvalue weighted by Gasteiger charge is -2.40. The minimum atomic E-state index is -0.186. The quantitative estimate of drug-likeness (QED) is 0.0704. The lowest BCUT2D eigenvalue weighted by Crippen LogP contribution is -2.42. The Morgan fingerprint density at radius 1 is 0.614 bits per heavy atom. The zero-order chi connectivity index (χ0) is 59.3. The number of benzene rings is 3. The van der Waals surface area contributed by atoms with Crippen LogP contribution in [-0.4, -0.2) is 128 Å². The highest BCUT2D eigenvalue weighted by molar-refractivity contribution is 5.99. The van der Waals surface area contributed by atoms with Crippen molar-refractivity contribution in [3.05, 3.63) is 148 Å². The lowest BCUT2D eigenvalue weighted by molar-refractivity contribution is 0.0845. The molecule has 9 rings (SSSR count). The Bertz CT molecular complexity index is 3200. The lowest BCUT2D eigenvalue weighted by atomic mass is 9.88. The third-order valence-electron chi connectivity index (χ3n) is 18.1. The van der Waals surface area contributed by atoms with Crippen LogP contribution in [0, 0.1) is 59.3 Å². The summed E-state index contributed by atoms with van der Waals surface area (Å²) in [6, 6.07) is 22.6. The van der Waals surface area contributed by atoms with Gasteiger partial charge in [-0.25, -0.2) is 0 Å². The van der Waals surface area contributed by atoms with E-state index < -0.39 is 0 Å². The number of aryl methyl sites for hydroxylation is 4. The fourth-order valence-electron chi connectivity index (χ4n) is 13.1. The van der Waals surface area contributed by atoms with E-state index in [1.807, 2.05) is 58.9 Å². The van der Waals surface area contributed by atoms with E-state index in [1.165, 1.54) is 50.8 Å². The van der Waals surface area contributed by atoms with Gasteiger partial charge in [0.2, 0.25) is 0 Å². The van der Waals surface area contributed by atoms with E-state index in [2.05, 4.69) is 135 Å². The molecule has 0 unspecified atom stereocenters. The van der Waals surface area contributed by atoms with Gasteiger partial charge in [0.15, 0.2) is 0 Å². The fourth-order valence-corrected chi connectivity index (χ4v) is 13.1. The van der Waals surface area contributed by atoms with E-state index in [-0.39, 0.29) is 36.0 Å². The molecule has 1 aliphatic carbocycles. The second-order valence-corrected chi connectivity index (χ2v) is 24.3. The van der Waals surface area contributed by atoms with Gasteiger partial charge in [-0.15, -0.1) is 0 Å². The molecule has 2 aromatic heterocycles. The summed E-state index contributed by atoms with van der Waals surface area (Å²) in [6.07, 6.45) is 12.7. The number of ether oxygens (including phenoxy) is 1. The molecule has 83 heavy (non-hydrogen) atoms. The molecule has 446 valence electrons. The molecule has 4 aliphatic rings. The maximum Gasteiger partial charge on any atom is 0.253 e. The minimum Gasteiger partial charge on any atom is -0.381 e. The predicted octanol–water partition coefficient (Wildman–Crippen LogP) is 10.5. The number of hydrogen-bond acceptors (Lipinski definition) is 10. The van der Waals surface area contributed by atoms with Gasteiger partial charge in [-0.1, -0.05) is 42.5 Å². The maximum atomic E-state index is 13.9. The Labute approximate surface area is 495 Å². The van der Waals surface area contributed by atoms with Gasteiger partial charge in [0.1, 0.15) is 0 Å². The number of nitrogens with one attached hydrogen (secondary N) is 4. The normalized spacial score (nSPS) is 18.2. The Morgan fingerprint density at radius 2 is 1.12 bits per heavy atom. The number of aromatic amines is 2. The molecule has 1 saturated carbocycles. The summed E-state index contributed by atoms with van der Waals surface area (Å²) in [6.45, 7) is 25.1. The molecule has 0 radical (unpaired) electrons. The van der Waals surface area contributed by atoms with Crippen LogP contribution in [-0.2, 0) is 24.4 Å². The monoisotopic (exact) mass is 1130 g/mol. The highest BCUT2D eigenvalue weighted by Crippen LogP contribution is 2.37. The summed E-state index contributed by atoms with van der Waals surface area (Å²) in [5, 5.41) is 6.09. The highest BCUT2D eigenvalue weighted by Gasteiger charge is 2.30. The topological polar surface area (TPSA) is 149 Å². The number of nitrogens with zero attached hydrogens (tertiary/aromatic N) is 5. The summed E-state index contributed by atoms with van der Waals surface area (Å²) in [7, 11) is 6.53. The number of carbonyl (C=O) groups excluding carboxylic acids is 2. The molecule has 14 heteroatoms. The molecule has 5 aromatic rings. The largest absolute Gasteiger partial charge is 0.381 e. The van der Waals surface area contributed by atoms with E-state index >= 15 is 0 Å². The van der Waals surface area contributed by atoms with E-state index in [9.17, 15) is 19.2 Å². The van der Waals surface area contributed by atoms with Gasteiger partial charge < -0.3 is 44.9 Å². The molecule has 14 nitrogen and oxygen atoms in total. The molecule has 0 spiro atoms. The molecule has 0 bridgehead atoms. The van der Waals surface area contributed by atoms with Crippen LogP contribution < -0.4 is 31.6 Å². The van der Waals surface area contributed by atoms with Crippen molar-refractivity contribution in [2.45, 2.75) is 164 Å². The molecular formula is C69H95N9O5. The molecule has 3 aromatic carbocycles. The molecule has 3 saturated heterocycles. The van der Waals surface area contributed by atoms with Crippen molar-refractivity contribution >= 4 is 23.2 Å². The zero-order valence-corrected chi connectivity index (χ0v) is 51.9. The van der Waals surface area contributed by atoms with Crippen LogP contribution >= 0.6 is 0 Å². The van der Waals surface area contributed by atoms with Crippen LogP contribution in [0.2, 0.25) is 0 Å². The molecule has 4 N–H and O–H groups in total. The number of aromatic nitrogens is 2. The SMILES string of the molecule is CCN(c1cc(-c2ccc(CN3CCCCC3)cc2)cc(C(=O)NCc2c(C)cc(C)[nH]c2=O)c1C)C1CCC(N(C)C)CC1.CCN(c1cc(C#CC2CCN(C)CC2)cc(C(=O)NCc2c(C)cc(C)[nH]c2=O)c1C)C1CCOCC1. The third kappa shape index (κ3) is 16.2. The van der Waals surface area contributed by atoms with Crippen LogP contribution in [0.25, 0.3) is 11.1 Å². The first-order valence-electron chi connectivity index (χ1n) is 30.9. The fraction of sp³-hybridized carbons (Fsp3) is 0.536. The molecular weight excluding hydrogens is 1030 g/mol. The predicted molar refractivity (Wildman–Crippen MR) is 339 cm³/mol. The van der Waals surface area contributed by atoms with E-state index in [4.69, 9.17) is 4.74 Å². The van der Waals surface area contributed by atoms with Gasteiger partial charge in [0.25, 0.3) is 22.9 Å². The number of rotatable bonds is 16. The van der Waals surface area contributed by atoms with Crippen LogP contribution in [0.15, 0.2) is 70.3 Å². The Balaban J connectivity index is 0.000000220. The van der Waals surface area contributed by atoms with Gasteiger partial charge in [-0.3, -0.25) is 24.1 Å². The Morgan fingerprint density at radius 3 is 1.64 bits per heavy atom. The van der Waals surface area contributed by atoms with Crippen LogP contribution in [0.3, 0.4) is 0 Å². The summed E-state index contributed by atoms with van der Waals surface area (Å²) >= 11 is 0. The summed E-state index contributed by atoms with van der Waals surface area (Å²) in [5.41, 5.74) is 14.0.